The molecule has 4 heteroatoms. The number of allylic oxidation sites excluding steroid dienone is 3. The van der Waals surface area contributed by atoms with Crippen LogP contribution in [0, 0.1) is 0 Å². The molecule has 1 aliphatic heterocycles. The van der Waals surface area contributed by atoms with Crippen LogP contribution in [0.25, 0.3) is 0 Å². The third kappa shape index (κ3) is 7.12. The van der Waals surface area contributed by atoms with Gasteiger partial charge in [-0.2, -0.15) is 0 Å². The molecule has 0 spiro atoms. The Kier molecular flexibility index (Phi) is 17.2. The average molecular weight is 254 g/mol. The number of hydrogen-bond acceptors (Lipinski definition) is 0. The largest absolute Gasteiger partial charge is 2.00 e. The van der Waals surface area contributed by atoms with Crippen molar-refractivity contribution in [1.82, 2.24) is 0 Å². The van der Waals surface area contributed by atoms with Crippen molar-refractivity contribution in [2.75, 3.05) is 0 Å². The summed E-state index contributed by atoms with van der Waals surface area (Å²) in [7, 11) is 0. The molecular weight excluding hydrogens is 245 g/mol. The minimum Gasteiger partial charge on any atom is -1.00 e. The van der Waals surface area contributed by atoms with Crippen LogP contribution < -0.4 is 24.8 Å². The second-order valence-corrected chi connectivity index (χ2v) is 2.03. The Morgan fingerprint density at radius 3 is 2.00 bits per heavy atom. The smallest absolute Gasteiger partial charge is 1.00 e. The SMILES string of the molecule is CB1C=CC=CC1.[Cl-].[Cl-].[Zr+2]. The minimum absolute atomic E-state index is 0. The Hall–Kier alpha value is 1.01. The van der Waals surface area contributed by atoms with Gasteiger partial charge in [0, 0.05) is 0 Å². The second kappa shape index (κ2) is 10.0. The van der Waals surface area contributed by atoms with Crippen molar-refractivity contribution in [2.24, 2.45) is 0 Å². The fraction of sp³-hybridized carbons (Fsp3) is 0.333. The van der Waals surface area contributed by atoms with Gasteiger partial charge >= 0.3 is 26.2 Å². The molecule has 0 aromatic rings. The maximum Gasteiger partial charge on any atom is 2.00 e. The molecule has 0 amide bonds. The molecule has 0 N–H and O–H groups in total. The summed E-state index contributed by atoms with van der Waals surface area (Å²) < 4.78 is 0. The van der Waals surface area contributed by atoms with Crippen LogP contribution in [0.3, 0.4) is 0 Å². The fourth-order valence-corrected chi connectivity index (χ4v) is 0.704. The monoisotopic (exact) mass is 252 g/mol. The van der Waals surface area contributed by atoms with Gasteiger partial charge in [0.25, 0.3) is 0 Å². The van der Waals surface area contributed by atoms with Gasteiger partial charge in [-0.3, -0.25) is 0 Å². The second-order valence-electron chi connectivity index (χ2n) is 2.03. The summed E-state index contributed by atoms with van der Waals surface area (Å²) in [5.41, 5.74) is 0. The number of rotatable bonds is 0. The first-order valence-corrected chi connectivity index (χ1v) is 2.73. The van der Waals surface area contributed by atoms with Crippen LogP contribution in [0.15, 0.2) is 24.2 Å². The molecule has 1 aliphatic rings. The van der Waals surface area contributed by atoms with Gasteiger partial charge < -0.3 is 24.8 Å². The summed E-state index contributed by atoms with van der Waals surface area (Å²) in [6, 6.07) is 0. The molecule has 0 aliphatic carbocycles. The molecule has 0 bridgehead atoms. The van der Waals surface area contributed by atoms with Gasteiger partial charge in [0.2, 0.25) is 0 Å². The summed E-state index contributed by atoms with van der Waals surface area (Å²) in [5, 5.41) is 0. The molecule has 0 fully saturated rings. The Labute approximate surface area is 94.6 Å². The number of hydrogen-bond donors (Lipinski definition) is 0. The van der Waals surface area contributed by atoms with Crippen LogP contribution in [-0.2, 0) is 26.2 Å². The summed E-state index contributed by atoms with van der Waals surface area (Å²) in [6.45, 7) is 2.99. The quantitative estimate of drug-likeness (QED) is 0.384. The number of halogens is 2. The van der Waals surface area contributed by atoms with Crippen LogP contribution in [0.4, 0.5) is 0 Å². The molecule has 0 atom stereocenters. The molecule has 1 heterocycles. The van der Waals surface area contributed by atoms with Crippen molar-refractivity contribution in [2.45, 2.75) is 13.1 Å². The van der Waals surface area contributed by atoms with E-state index in [4.69, 9.17) is 0 Å². The van der Waals surface area contributed by atoms with Crippen molar-refractivity contribution >= 4 is 6.71 Å². The first-order valence-electron chi connectivity index (χ1n) is 2.73. The summed E-state index contributed by atoms with van der Waals surface area (Å²) in [6.07, 6.45) is 7.62. The summed E-state index contributed by atoms with van der Waals surface area (Å²) in [5.74, 6) is 2.22. The van der Waals surface area contributed by atoms with Crippen LogP contribution in [0.5, 0.6) is 0 Å². The fourth-order valence-electron chi connectivity index (χ4n) is 0.704. The zero-order valence-electron chi connectivity index (χ0n) is 5.85. The molecule has 0 aromatic heterocycles. The third-order valence-electron chi connectivity index (χ3n) is 1.19. The molecule has 0 radical (unpaired) electrons. The zero-order chi connectivity index (χ0) is 5.11. The molecule has 10 heavy (non-hydrogen) atoms. The van der Waals surface area contributed by atoms with Gasteiger partial charge in [-0.15, -0.1) is 5.98 Å². The van der Waals surface area contributed by atoms with Crippen LogP contribution in [0.2, 0.25) is 13.1 Å². The molecule has 54 valence electrons. The normalized spacial score (nSPS) is 12.7. The van der Waals surface area contributed by atoms with E-state index in [1.54, 1.807) is 0 Å². The van der Waals surface area contributed by atoms with Crippen molar-refractivity contribution in [3.8, 4) is 0 Å². The van der Waals surface area contributed by atoms with Crippen LogP contribution >= 0.6 is 0 Å². The van der Waals surface area contributed by atoms with E-state index >= 15 is 0 Å². The maximum absolute atomic E-state index is 2.22. The predicted octanol–water partition coefficient (Wildman–Crippen LogP) is -4.22. The summed E-state index contributed by atoms with van der Waals surface area (Å²) in [4.78, 5) is 0. The third-order valence-corrected chi connectivity index (χ3v) is 1.19. The van der Waals surface area contributed by atoms with Crippen LogP contribution in [0.1, 0.15) is 0 Å². The first kappa shape index (κ1) is 17.2. The van der Waals surface area contributed by atoms with E-state index in [1.165, 1.54) is 6.32 Å². The minimum atomic E-state index is 0. The van der Waals surface area contributed by atoms with Crippen molar-refractivity contribution in [3.05, 3.63) is 24.2 Å². The van der Waals surface area contributed by atoms with Gasteiger partial charge in [0.05, 0.1) is 0 Å². The molecule has 0 unspecified atom stereocenters. The van der Waals surface area contributed by atoms with E-state index in [2.05, 4.69) is 31.0 Å². The standard InChI is InChI=1S/C6H9B.2ClH.Zr/c1-7-5-3-2-4-6-7;;;/h2-5H,6H2,1H3;2*1H;/q;;;+2/p-2. The van der Waals surface area contributed by atoms with E-state index in [-0.39, 0.29) is 51.0 Å². The van der Waals surface area contributed by atoms with Gasteiger partial charge in [-0.05, 0) is 0 Å². The molecular formula is C6H9BCl2Zr. The Morgan fingerprint density at radius 2 is 1.80 bits per heavy atom. The van der Waals surface area contributed by atoms with E-state index in [0.717, 1.165) is 6.71 Å². The molecule has 0 aromatic carbocycles. The van der Waals surface area contributed by atoms with Crippen molar-refractivity contribution in [1.29, 1.82) is 0 Å². The van der Waals surface area contributed by atoms with E-state index in [0.29, 0.717) is 0 Å². The topological polar surface area (TPSA) is 0 Å². The summed E-state index contributed by atoms with van der Waals surface area (Å²) >= 11 is 0. The van der Waals surface area contributed by atoms with Gasteiger partial charge in [0.1, 0.15) is 0 Å². The Balaban J connectivity index is -0.000000163. The van der Waals surface area contributed by atoms with Gasteiger partial charge in [0.15, 0.2) is 6.71 Å². The Morgan fingerprint density at radius 1 is 1.20 bits per heavy atom. The van der Waals surface area contributed by atoms with Crippen LogP contribution in [-0.4, -0.2) is 6.71 Å². The van der Waals surface area contributed by atoms with E-state index < -0.39 is 0 Å². The first-order chi connectivity index (χ1) is 3.39. The van der Waals surface area contributed by atoms with Gasteiger partial charge in [-0.1, -0.05) is 31.4 Å². The van der Waals surface area contributed by atoms with Gasteiger partial charge in [-0.25, -0.2) is 0 Å². The molecule has 0 nitrogen and oxygen atoms in total. The maximum atomic E-state index is 2.22. The molecule has 0 saturated heterocycles. The predicted molar refractivity (Wildman–Crippen MR) is 34.7 cm³/mol. The van der Waals surface area contributed by atoms with Crippen molar-refractivity contribution in [3.63, 3.8) is 0 Å². The van der Waals surface area contributed by atoms with E-state index in [9.17, 15) is 0 Å². The van der Waals surface area contributed by atoms with E-state index in [1.807, 2.05) is 0 Å². The molecule has 1 rings (SSSR count). The Bertz CT molecular complexity index is 114. The zero-order valence-corrected chi connectivity index (χ0v) is 9.82. The molecule has 0 saturated carbocycles. The average Bonchev–Trinajstić information content (AvgIpc) is 1.69. The van der Waals surface area contributed by atoms with Crippen molar-refractivity contribution < 1.29 is 51.0 Å².